The third-order valence-electron chi connectivity index (χ3n) is 3.27. The Hall–Kier alpha value is -1.88. The summed E-state index contributed by atoms with van der Waals surface area (Å²) in [5.74, 6) is 0.889. The third-order valence-corrected chi connectivity index (χ3v) is 3.65. The van der Waals surface area contributed by atoms with Crippen molar-refractivity contribution in [1.29, 1.82) is 0 Å². The van der Waals surface area contributed by atoms with Crippen LogP contribution in [0.4, 0.5) is 5.82 Å². The molecule has 0 radical (unpaired) electrons. The molecule has 2 heterocycles. The molecule has 5 heteroatoms. The lowest BCUT2D eigenvalue weighted by molar-refractivity contribution is 0.854. The average molecular weight is 331 g/mol. The Morgan fingerprint density at radius 1 is 1.25 bits per heavy atom. The van der Waals surface area contributed by atoms with E-state index in [0.29, 0.717) is 0 Å². The molecule has 102 valence electrons. The second-order valence-electron chi connectivity index (χ2n) is 4.70. The molecule has 1 aromatic carbocycles. The largest absolute Gasteiger partial charge is 0.356 e. The van der Waals surface area contributed by atoms with Gasteiger partial charge < -0.3 is 9.30 Å². The molecule has 0 bridgehead atoms. The fourth-order valence-corrected chi connectivity index (χ4v) is 2.58. The Labute approximate surface area is 126 Å². The fraction of sp³-hybridized carbons (Fsp3) is 0.200. The zero-order valence-electron chi connectivity index (χ0n) is 11.2. The van der Waals surface area contributed by atoms with Crippen LogP contribution in [-0.4, -0.2) is 28.0 Å². The van der Waals surface area contributed by atoms with Crippen LogP contribution in [0, 0.1) is 0 Å². The zero-order valence-corrected chi connectivity index (χ0v) is 12.8. The average Bonchev–Trinajstić information content (AvgIpc) is 2.93. The minimum Gasteiger partial charge on any atom is -0.356 e. The molecule has 0 saturated carbocycles. The first kappa shape index (κ1) is 13.1. The number of nitrogens with zero attached hydrogens (tertiary/aromatic N) is 4. The molecule has 3 rings (SSSR count). The van der Waals surface area contributed by atoms with Crippen molar-refractivity contribution in [3.8, 4) is 0 Å². The normalized spacial score (nSPS) is 10.9. The van der Waals surface area contributed by atoms with Crippen LogP contribution in [0.2, 0.25) is 0 Å². The van der Waals surface area contributed by atoms with Gasteiger partial charge in [0.1, 0.15) is 4.60 Å². The van der Waals surface area contributed by atoms with E-state index in [1.165, 1.54) is 5.56 Å². The smallest absolute Gasteiger partial charge is 0.180 e. The van der Waals surface area contributed by atoms with Gasteiger partial charge in [-0.2, -0.15) is 0 Å². The number of fused-ring (bicyclic) bond motifs is 1. The van der Waals surface area contributed by atoms with Crippen LogP contribution in [0.3, 0.4) is 0 Å². The van der Waals surface area contributed by atoms with Crippen LogP contribution in [0.25, 0.3) is 5.65 Å². The first-order chi connectivity index (χ1) is 9.74. The zero-order chi connectivity index (χ0) is 13.9. The number of likely N-dealkylation sites (N-methyl/N-ethyl adjacent to an activating group) is 1. The van der Waals surface area contributed by atoms with E-state index in [1.54, 1.807) is 6.20 Å². The Bertz CT molecular complexity index is 708. The maximum absolute atomic E-state index is 4.55. The van der Waals surface area contributed by atoms with Crippen molar-refractivity contribution in [2.24, 2.45) is 0 Å². The van der Waals surface area contributed by atoms with Gasteiger partial charge in [-0.15, -0.1) is 0 Å². The molecule has 0 aliphatic heterocycles. The van der Waals surface area contributed by atoms with Crippen molar-refractivity contribution in [3.05, 3.63) is 59.1 Å². The summed E-state index contributed by atoms with van der Waals surface area (Å²) in [6, 6.07) is 10.5. The van der Waals surface area contributed by atoms with E-state index in [9.17, 15) is 0 Å². The number of benzene rings is 1. The van der Waals surface area contributed by atoms with E-state index in [0.717, 1.165) is 29.0 Å². The first-order valence-corrected chi connectivity index (χ1v) is 7.27. The van der Waals surface area contributed by atoms with Gasteiger partial charge in [0.15, 0.2) is 11.5 Å². The van der Waals surface area contributed by atoms with Crippen molar-refractivity contribution in [1.82, 2.24) is 14.4 Å². The lowest BCUT2D eigenvalue weighted by Crippen LogP contribution is -2.22. The molecular formula is C15H15BrN4. The second-order valence-corrected chi connectivity index (χ2v) is 5.51. The van der Waals surface area contributed by atoms with E-state index >= 15 is 0 Å². The van der Waals surface area contributed by atoms with Crippen molar-refractivity contribution >= 4 is 27.4 Å². The molecule has 0 saturated heterocycles. The van der Waals surface area contributed by atoms with E-state index in [1.807, 2.05) is 29.9 Å². The van der Waals surface area contributed by atoms with Crippen molar-refractivity contribution in [3.63, 3.8) is 0 Å². The van der Waals surface area contributed by atoms with Crippen LogP contribution in [0.5, 0.6) is 0 Å². The van der Waals surface area contributed by atoms with Crippen molar-refractivity contribution in [2.45, 2.75) is 6.42 Å². The van der Waals surface area contributed by atoms with Gasteiger partial charge in [-0.25, -0.2) is 9.97 Å². The lowest BCUT2D eigenvalue weighted by Gasteiger charge is -2.19. The molecule has 2 aromatic heterocycles. The number of hydrogen-bond acceptors (Lipinski definition) is 3. The fourth-order valence-electron chi connectivity index (χ4n) is 2.19. The van der Waals surface area contributed by atoms with Gasteiger partial charge in [-0.3, -0.25) is 0 Å². The number of halogens is 1. The molecule has 0 atom stereocenters. The maximum Gasteiger partial charge on any atom is 0.180 e. The number of aromatic nitrogens is 3. The molecule has 20 heavy (non-hydrogen) atoms. The summed E-state index contributed by atoms with van der Waals surface area (Å²) in [4.78, 5) is 11.1. The highest BCUT2D eigenvalue weighted by Crippen LogP contribution is 2.20. The van der Waals surface area contributed by atoms with Gasteiger partial charge in [-0.1, -0.05) is 30.3 Å². The van der Waals surface area contributed by atoms with Crippen LogP contribution >= 0.6 is 15.9 Å². The summed E-state index contributed by atoms with van der Waals surface area (Å²) in [7, 11) is 2.05. The number of rotatable bonds is 4. The molecule has 4 nitrogen and oxygen atoms in total. The van der Waals surface area contributed by atoms with Crippen LogP contribution < -0.4 is 4.90 Å². The van der Waals surface area contributed by atoms with Gasteiger partial charge in [0, 0.05) is 32.2 Å². The van der Waals surface area contributed by atoms with Gasteiger partial charge in [0.05, 0.1) is 0 Å². The lowest BCUT2D eigenvalue weighted by atomic mass is 10.1. The summed E-state index contributed by atoms with van der Waals surface area (Å²) in [5.41, 5.74) is 2.21. The van der Waals surface area contributed by atoms with E-state index in [-0.39, 0.29) is 0 Å². The number of imidazole rings is 1. The number of anilines is 1. The predicted octanol–water partition coefficient (Wildman–Crippen LogP) is 3.17. The van der Waals surface area contributed by atoms with Crippen molar-refractivity contribution < 1.29 is 0 Å². The van der Waals surface area contributed by atoms with Crippen LogP contribution in [0.1, 0.15) is 5.56 Å². The second kappa shape index (κ2) is 5.63. The molecular weight excluding hydrogens is 316 g/mol. The van der Waals surface area contributed by atoms with E-state index in [4.69, 9.17) is 0 Å². The maximum atomic E-state index is 4.55. The Morgan fingerprint density at radius 3 is 2.85 bits per heavy atom. The molecule has 0 aliphatic carbocycles. The molecule has 0 aliphatic rings. The Morgan fingerprint density at radius 2 is 2.05 bits per heavy atom. The van der Waals surface area contributed by atoms with Gasteiger partial charge in [0.25, 0.3) is 0 Å². The summed E-state index contributed by atoms with van der Waals surface area (Å²) >= 11 is 3.45. The van der Waals surface area contributed by atoms with Crippen LogP contribution in [-0.2, 0) is 6.42 Å². The highest BCUT2D eigenvalue weighted by atomic mass is 79.9. The van der Waals surface area contributed by atoms with Gasteiger partial charge in [0.2, 0.25) is 0 Å². The molecule has 3 aromatic rings. The highest BCUT2D eigenvalue weighted by Gasteiger charge is 2.11. The summed E-state index contributed by atoms with van der Waals surface area (Å²) < 4.78 is 2.79. The minimum atomic E-state index is 0.810. The molecule has 0 spiro atoms. The monoisotopic (exact) mass is 330 g/mol. The van der Waals surface area contributed by atoms with Gasteiger partial charge in [-0.05, 0) is 27.9 Å². The number of hydrogen-bond donors (Lipinski definition) is 0. The standard InChI is InChI=1S/C15H15BrN4/c1-19(9-7-12-5-3-2-4-6-12)15-14-17-8-10-20(14)11-13(16)18-15/h2-6,8,10-11H,7,9H2,1H3. The summed E-state index contributed by atoms with van der Waals surface area (Å²) in [6.45, 7) is 0.899. The van der Waals surface area contributed by atoms with E-state index in [2.05, 4.69) is 55.1 Å². The minimum absolute atomic E-state index is 0.810. The molecule has 0 N–H and O–H groups in total. The summed E-state index contributed by atoms with van der Waals surface area (Å²) in [6.07, 6.45) is 6.61. The van der Waals surface area contributed by atoms with Gasteiger partial charge >= 0.3 is 0 Å². The Balaban J connectivity index is 1.82. The van der Waals surface area contributed by atoms with Crippen molar-refractivity contribution in [2.75, 3.05) is 18.5 Å². The van der Waals surface area contributed by atoms with E-state index < -0.39 is 0 Å². The Kier molecular flexibility index (Phi) is 3.69. The predicted molar refractivity (Wildman–Crippen MR) is 84.1 cm³/mol. The highest BCUT2D eigenvalue weighted by molar-refractivity contribution is 9.10. The first-order valence-electron chi connectivity index (χ1n) is 6.48. The topological polar surface area (TPSA) is 33.4 Å². The molecule has 0 amide bonds. The summed E-state index contributed by atoms with van der Waals surface area (Å²) in [5, 5.41) is 0. The third kappa shape index (κ3) is 2.67. The van der Waals surface area contributed by atoms with Crippen LogP contribution in [0.15, 0.2) is 53.5 Å². The molecule has 0 unspecified atom stereocenters. The molecule has 0 fully saturated rings. The quantitative estimate of drug-likeness (QED) is 0.736. The SMILES string of the molecule is CN(CCc1ccccc1)c1nc(Br)cn2ccnc12.